The Balaban J connectivity index is 0.000000517. The van der Waals surface area contributed by atoms with E-state index in [0.717, 1.165) is 30.3 Å². The number of hydrogen-bond acceptors (Lipinski definition) is 4. The molecule has 2 aromatic carbocycles. The van der Waals surface area contributed by atoms with Crippen molar-refractivity contribution in [3.63, 3.8) is 0 Å². The highest BCUT2D eigenvalue weighted by Crippen LogP contribution is 2.35. The number of aromatic nitrogens is 2. The highest BCUT2D eigenvalue weighted by Gasteiger charge is 2.39. The normalized spacial score (nSPS) is 19.4. The van der Waals surface area contributed by atoms with E-state index in [9.17, 15) is 31.1 Å². The van der Waals surface area contributed by atoms with Crippen LogP contribution in [-0.2, 0) is 9.59 Å². The summed E-state index contributed by atoms with van der Waals surface area (Å²) < 4.78 is 75.0. The van der Waals surface area contributed by atoms with E-state index in [0.29, 0.717) is 37.4 Å². The molecule has 2 aliphatic heterocycles. The predicted molar refractivity (Wildman–Crippen MR) is 141 cm³/mol. The van der Waals surface area contributed by atoms with E-state index in [1.165, 1.54) is 18.2 Å². The van der Waals surface area contributed by atoms with Crippen LogP contribution in [0.25, 0.3) is 5.69 Å². The Labute approximate surface area is 242 Å². The Morgan fingerprint density at radius 3 is 2.26 bits per heavy atom. The van der Waals surface area contributed by atoms with E-state index in [4.69, 9.17) is 21.5 Å². The molecule has 2 N–H and O–H groups in total. The monoisotopic (exact) mass is 616 g/mol. The maximum Gasteiger partial charge on any atom is 0.490 e. The van der Waals surface area contributed by atoms with E-state index in [1.807, 2.05) is 17.9 Å². The maximum atomic E-state index is 14.4. The van der Waals surface area contributed by atoms with Crippen molar-refractivity contribution in [2.45, 2.75) is 37.8 Å². The molecule has 0 bridgehead atoms. The highest BCUT2D eigenvalue weighted by molar-refractivity contribution is 6.30. The standard InChI is InChI=1S/C26H26ClF3N4O.C2HF3O2/c1-15-10-25(34(32-15)18-3-5-23(29)22(27)12-18)16-6-8-33(9-7-16)26(35)21-14-31-13-20(21)19-4-2-17(28)11-24(19)30;3-2(4,5)1(6)7/h2-5,10-12,16,20-21,31H,6-9,13-14H2,1H3;(H,6,7)/t20-,21+;/m0./s1. The first-order valence-corrected chi connectivity index (χ1v) is 13.4. The van der Waals surface area contributed by atoms with Gasteiger partial charge in [-0.25, -0.2) is 22.6 Å². The number of rotatable bonds is 4. The molecule has 14 heteroatoms. The molecule has 226 valence electrons. The maximum absolute atomic E-state index is 14.4. The Morgan fingerprint density at radius 2 is 1.67 bits per heavy atom. The van der Waals surface area contributed by atoms with Gasteiger partial charge in [-0.3, -0.25) is 4.79 Å². The molecule has 0 spiro atoms. The SMILES string of the molecule is Cc1cc(C2CCN(C(=O)[C@@H]3CNC[C@H]3c3ccc(F)cc3F)CC2)n(-c2ccc(F)c(Cl)c2)n1.O=C(O)C(F)(F)F. The Hall–Kier alpha value is -3.58. The Kier molecular flexibility index (Phi) is 9.51. The van der Waals surface area contributed by atoms with Crippen LogP contribution in [0, 0.1) is 30.3 Å². The Morgan fingerprint density at radius 1 is 1.00 bits per heavy atom. The number of carboxylic acid groups (broad SMARTS) is 1. The molecule has 1 aromatic heterocycles. The average Bonchev–Trinajstić information content (AvgIpc) is 3.57. The molecule has 7 nitrogen and oxygen atoms in total. The lowest BCUT2D eigenvalue weighted by Crippen LogP contribution is -2.43. The molecule has 3 heterocycles. The zero-order chi connectivity index (χ0) is 30.8. The number of carbonyl (C=O) groups excluding carboxylic acids is 1. The molecule has 1 amide bonds. The molecule has 2 fully saturated rings. The van der Waals surface area contributed by atoms with Gasteiger partial charge in [-0.05, 0) is 55.7 Å². The first kappa shape index (κ1) is 31.4. The van der Waals surface area contributed by atoms with E-state index in [2.05, 4.69) is 10.4 Å². The third kappa shape index (κ3) is 7.06. The third-order valence-corrected chi connectivity index (χ3v) is 7.66. The summed E-state index contributed by atoms with van der Waals surface area (Å²) in [5, 5.41) is 14.9. The van der Waals surface area contributed by atoms with Gasteiger partial charge in [-0.2, -0.15) is 18.3 Å². The van der Waals surface area contributed by atoms with Crippen molar-refractivity contribution < 1.29 is 41.0 Å². The number of aryl methyl sites for hydroxylation is 1. The zero-order valence-electron chi connectivity index (χ0n) is 22.3. The van der Waals surface area contributed by atoms with Crippen molar-refractivity contribution in [3.05, 3.63) is 81.9 Å². The highest BCUT2D eigenvalue weighted by atomic mass is 35.5. The van der Waals surface area contributed by atoms with Crippen LogP contribution < -0.4 is 5.32 Å². The minimum absolute atomic E-state index is 0.00261. The lowest BCUT2D eigenvalue weighted by atomic mass is 9.86. The van der Waals surface area contributed by atoms with E-state index < -0.39 is 29.6 Å². The van der Waals surface area contributed by atoms with Gasteiger partial charge in [0.2, 0.25) is 5.91 Å². The van der Waals surface area contributed by atoms with Gasteiger partial charge in [0, 0.05) is 49.8 Å². The Bertz CT molecular complexity index is 1460. The second-order valence-electron chi connectivity index (χ2n) is 10.2. The summed E-state index contributed by atoms with van der Waals surface area (Å²) >= 11 is 5.99. The molecule has 42 heavy (non-hydrogen) atoms. The minimum atomic E-state index is -5.08. The molecule has 2 atom stereocenters. The summed E-state index contributed by atoms with van der Waals surface area (Å²) in [6.07, 6.45) is -3.58. The third-order valence-electron chi connectivity index (χ3n) is 7.37. The summed E-state index contributed by atoms with van der Waals surface area (Å²) in [6.45, 7) is 4.01. The number of halogens is 7. The van der Waals surface area contributed by atoms with Gasteiger partial charge in [-0.15, -0.1) is 0 Å². The number of nitrogens with zero attached hydrogens (tertiary/aromatic N) is 3. The predicted octanol–water partition coefficient (Wildman–Crippen LogP) is 5.59. The minimum Gasteiger partial charge on any atom is -0.475 e. The van der Waals surface area contributed by atoms with E-state index in [-0.39, 0.29) is 28.7 Å². The average molecular weight is 617 g/mol. The fourth-order valence-electron chi connectivity index (χ4n) is 5.33. The van der Waals surface area contributed by atoms with Crippen LogP contribution in [-0.4, -0.2) is 64.0 Å². The molecule has 5 rings (SSSR count). The molecule has 0 saturated carbocycles. The summed E-state index contributed by atoms with van der Waals surface area (Å²) in [5.41, 5.74) is 2.92. The number of aliphatic carboxylic acids is 1. The van der Waals surface area contributed by atoms with Crippen molar-refractivity contribution in [2.75, 3.05) is 26.2 Å². The van der Waals surface area contributed by atoms with Crippen LogP contribution in [0.5, 0.6) is 0 Å². The molecular weight excluding hydrogens is 590 g/mol. The second-order valence-corrected chi connectivity index (χ2v) is 10.6. The summed E-state index contributed by atoms with van der Waals surface area (Å²) in [7, 11) is 0. The largest absolute Gasteiger partial charge is 0.490 e. The number of likely N-dealkylation sites (tertiary alicyclic amines) is 1. The summed E-state index contributed by atoms with van der Waals surface area (Å²) in [6, 6.07) is 10.1. The van der Waals surface area contributed by atoms with Crippen LogP contribution in [0.15, 0.2) is 42.5 Å². The first-order valence-electron chi connectivity index (χ1n) is 13.0. The number of hydrogen-bond donors (Lipinski definition) is 2. The molecule has 3 aromatic rings. The van der Waals surface area contributed by atoms with Crippen molar-refractivity contribution in [1.29, 1.82) is 0 Å². The van der Waals surface area contributed by atoms with Gasteiger partial charge in [0.05, 0.1) is 22.3 Å². The van der Waals surface area contributed by atoms with Gasteiger partial charge >= 0.3 is 12.1 Å². The van der Waals surface area contributed by atoms with E-state index in [1.54, 1.807) is 16.8 Å². The van der Waals surface area contributed by atoms with E-state index >= 15 is 0 Å². The molecule has 2 saturated heterocycles. The zero-order valence-corrected chi connectivity index (χ0v) is 23.0. The number of alkyl halides is 3. The number of nitrogens with one attached hydrogen (secondary N) is 1. The van der Waals surface area contributed by atoms with Crippen molar-refractivity contribution in [2.24, 2.45) is 5.92 Å². The number of carbonyl (C=O) groups is 2. The number of piperidine rings is 1. The van der Waals surface area contributed by atoms with Gasteiger partial charge in [-0.1, -0.05) is 17.7 Å². The topological polar surface area (TPSA) is 87.5 Å². The molecular formula is C28H27ClF6N4O3. The van der Waals surface area contributed by atoms with Crippen LogP contribution in [0.2, 0.25) is 5.02 Å². The van der Waals surface area contributed by atoms with Crippen molar-refractivity contribution in [1.82, 2.24) is 20.0 Å². The quantitative estimate of drug-likeness (QED) is 0.373. The lowest BCUT2D eigenvalue weighted by Gasteiger charge is -2.34. The van der Waals surface area contributed by atoms with Crippen LogP contribution in [0.1, 0.15) is 41.6 Å². The number of amides is 1. The molecule has 2 aliphatic rings. The summed E-state index contributed by atoms with van der Waals surface area (Å²) in [5.74, 6) is -5.01. The van der Waals surface area contributed by atoms with Crippen molar-refractivity contribution >= 4 is 23.5 Å². The number of benzene rings is 2. The number of carboxylic acids is 1. The van der Waals surface area contributed by atoms with Gasteiger partial charge in [0.15, 0.2) is 0 Å². The smallest absolute Gasteiger partial charge is 0.475 e. The molecule has 0 unspecified atom stereocenters. The van der Waals surface area contributed by atoms with Crippen LogP contribution >= 0.6 is 11.6 Å². The molecule has 0 radical (unpaired) electrons. The van der Waals surface area contributed by atoms with Crippen LogP contribution in [0.4, 0.5) is 26.3 Å². The fourth-order valence-corrected chi connectivity index (χ4v) is 5.51. The fraction of sp³-hybridized carbons (Fsp3) is 0.393. The van der Waals surface area contributed by atoms with Gasteiger partial charge < -0.3 is 15.3 Å². The lowest BCUT2D eigenvalue weighted by molar-refractivity contribution is -0.192. The van der Waals surface area contributed by atoms with Crippen LogP contribution in [0.3, 0.4) is 0 Å². The molecule has 0 aliphatic carbocycles. The van der Waals surface area contributed by atoms with Crippen molar-refractivity contribution in [3.8, 4) is 5.69 Å². The first-order chi connectivity index (χ1) is 19.8. The van der Waals surface area contributed by atoms with Gasteiger partial charge in [0.1, 0.15) is 17.5 Å². The second kappa shape index (κ2) is 12.7. The van der Waals surface area contributed by atoms with Gasteiger partial charge in [0.25, 0.3) is 0 Å². The summed E-state index contributed by atoms with van der Waals surface area (Å²) in [4.78, 5) is 24.1.